The highest BCUT2D eigenvalue weighted by molar-refractivity contribution is 5.46. The molecule has 4 unspecified atom stereocenters. The van der Waals surface area contributed by atoms with E-state index in [-0.39, 0.29) is 70.8 Å². The number of rotatable bonds is 40. The molecule has 544 valence electrons. The van der Waals surface area contributed by atoms with Gasteiger partial charge in [-0.1, -0.05) is 98.5 Å². The molecule has 0 aromatic heterocycles. The fourth-order valence-corrected chi connectivity index (χ4v) is 8.51. The Hall–Kier alpha value is -8.80. The molecule has 0 aliphatic rings. The zero-order valence-electron chi connectivity index (χ0n) is 92.8. The number of aliphatic hydroxyl groups excluding tert-OH is 4. The smallest absolute Gasteiger partial charge is 0.160 e. The standard InChI is InChI=1S/4C21H28O4/c4*1-16-7-6-10-19(13-16)25-15-18(22)9-5-4-8-17-11-12-20(23-2)21(14-17)24-3/h4*6-7,10-14,18,22H,4-5,8-9,15H2,1-3H3/i2D3,3D3,4D2,9D2,15D2;3D3,4D2,9D2,15D2;2D3,4D2,9D2,15D2;4D2,9D2,15D2. The lowest BCUT2D eigenvalue weighted by Crippen LogP contribution is -2.17. The minimum absolute atomic E-state index is 0.0564. The van der Waals surface area contributed by atoms with Crippen molar-refractivity contribution in [2.24, 2.45) is 0 Å². The van der Waals surface area contributed by atoms with E-state index in [1.165, 1.54) is 113 Å². The van der Waals surface area contributed by atoms with Gasteiger partial charge in [-0.3, -0.25) is 0 Å². The Kier molecular flexibility index (Phi) is 20.4. The third-order valence-corrected chi connectivity index (χ3v) is 13.5. The fourth-order valence-electron chi connectivity index (χ4n) is 8.51. The minimum Gasteiger partial charge on any atom is -0.493 e. The van der Waals surface area contributed by atoms with Crippen molar-refractivity contribution in [1.29, 1.82) is 0 Å². The third kappa shape index (κ3) is 32.0. The Morgan fingerprint density at radius 2 is 0.510 bits per heavy atom. The molecule has 0 saturated heterocycles. The highest BCUT2D eigenvalue weighted by Gasteiger charge is 2.13. The molecule has 16 nitrogen and oxygen atoms in total. The van der Waals surface area contributed by atoms with Gasteiger partial charge in [0.1, 0.15) is 49.2 Å². The Labute approximate surface area is 646 Å². The summed E-state index contributed by atoms with van der Waals surface area (Å²) in [5.74, 6) is 0.446. The summed E-state index contributed by atoms with van der Waals surface area (Å²) < 4.78 is 343. The average Bonchev–Trinajstić information content (AvgIpc) is 0.798. The second-order valence-electron chi connectivity index (χ2n) is 21.3. The highest BCUT2D eigenvalue weighted by Crippen LogP contribution is 2.32. The molecule has 8 aromatic carbocycles. The van der Waals surface area contributed by atoms with Crippen molar-refractivity contribution >= 4 is 0 Å². The maximum absolute atomic E-state index is 10.5. The molecule has 100 heavy (non-hydrogen) atoms. The van der Waals surface area contributed by atoms with E-state index < -0.39 is 173 Å². The topological polar surface area (TPSA) is 192 Å². The molecule has 0 amide bonds. The summed E-state index contributed by atoms with van der Waals surface area (Å²) in [6.07, 6.45) is -33.6. The van der Waals surface area contributed by atoms with Gasteiger partial charge in [-0.15, -0.1) is 0 Å². The SMILES string of the molecule is [2H]C([2H])(Cc1ccc(OC([2H])([2H])[2H])c(OC([2H])([2H])[2H])c1)CC([2H])([2H])C(O)C([2H])([2H])Oc1cccc(C)c1.[2H]C([2H])(Cc1ccc(OC([2H])([2H])[2H])c(OC)c1)CC([2H])([2H])C(O)C([2H])([2H])Oc1cccc(C)c1.[2H]C([2H])(Cc1ccc(OC)c(OC([2H])([2H])[2H])c1)CC([2H])([2H])C(O)C([2H])([2H])Oc1cccc(C)c1.[2H]C([2H])(Cc1ccc(OC)c(OC)c1)CC([2H])([2H])C(O)C([2H])([2H])Oc1cccc(C)c1. The zero-order chi connectivity index (χ0) is 104. The summed E-state index contributed by atoms with van der Waals surface area (Å²) >= 11 is 0. The Morgan fingerprint density at radius 3 is 0.730 bits per heavy atom. The maximum atomic E-state index is 10.5. The van der Waals surface area contributed by atoms with Gasteiger partial charge < -0.3 is 77.3 Å². The molecule has 8 rings (SSSR count). The number of hydrogen-bond donors (Lipinski definition) is 4. The van der Waals surface area contributed by atoms with Crippen molar-refractivity contribution in [2.45, 2.75) is 154 Å². The first kappa shape index (κ1) is 43.1. The van der Waals surface area contributed by atoms with Crippen LogP contribution in [0.15, 0.2) is 170 Å². The molecule has 4 N–H and O–H groups in total. The number of hydrogen-bond acceptors (Lipinski definition) is 16. The molecular weight excluding hydrogens is 1260 g/mol. The second kappa shape index (κ2) is 47.3. The summed E-state index contributed by atoms with van der Waals surface area (Å²) in [5, 5.41) is 41.8. The van der Waals surface area contributed by atoms with E-state index in [2.05, 4.69) is 0 Å². The van der Waals surface area contributed by atoms with Crippen LogP contribution in [0.2, 0.25) is 0 Å². The highest BCUT2D eigenvalue weighted by atomic mass is 16.5. The summed E-state index contributed by atoms with van der Waals surface area (Å²) in [6, 6.07) is 42.2. The first-order valence-corrected chi connectivity index (χ1v) is 31.0. The van der Waals surface area contributed by atoms with Gasteiger partial charge >= 0.3 is 0 Å². The zero-order valence-corrected chi connectivity index (χ0v) is 56.8. The van der Waals surface area contributed by atoms with E-state index in [9.17, 15) is 20.4 Å². The van der Waals surface area contributed by atoms with E-state index in [0.29, 0.717) is 28.2 Å². The molecule has 0 fully saturated rings. The fraction of sp³-hybridized carbons (Fsp3) is 0.429. The number of methoxy groups -OCH3 is 8. The van der Waals surface area contributed by atoms with Gasteiger partial charge in [0.25, 0.3) is 0 Å². The van der Waals surface area contributed by atoms with Crippen LogP contribution in [0, 0.1) is 27.7 Å². The molecule has 16 heteroatoms. The first-order chi connectivity index (χ1) is 61.8. The lowest BCUT2D eigenvalue weighted by Gasteiger charge is -2.13. The first-order valence-electron chi connectivity index (χ1n) is 49.0. The van der Waals surface area contributed by atoms with Gasteiger partial charge in [-0.2, -0.15) is 0 Å². The van der Waals surface area contributed by atoms with Gasteiger partial charge in [0.15, 0.2) is 46.0 Å². The molecule has 0 radical (unpaired) electrons. The van der Waals surface area contributed by atoms with Crippen molar-refractivity contribution in [3.63, 3.8) is 0 Å². The van der Waals surface area contributed by atoms with Crippen LogP contribution in [-0.4, -0.2) is 128 Å². The van der Waals surface area contributed by atoms with E-state index in [0.717, 1.165) is 34.4 Å². The van der Waals surface area contributed by atoms with Crippen LogP contribution in [0.5, 0.6) is 69.0 Å². The largest absolute Gasteiger partial charge is 0.493 e. The van der Waals surface area contributed by atoms with Crippen molar-refractivity contribution in [2.75, 3.05) is 82.8 Å². The molecule has 0 aliphatic carbocycles. The van der Waals surface area contributed by atoms with E-state index in [1.807, 2.05) is 0 Å². The maximum Gasteiger partial charge on any atom is 0.160 e. The van der Waals surface area contributed by atoms with Gasteiger partial charge in [0.2, 0.25) is 0 Å². The van der Waals surface area contributed by atoms with Crippen molar-refractivity contribution in [3.8, 4) is 69.0 Å². The molecule has 0 aliphatic heterocycles. The summed E-state index contributed by atoms with van der Waals surface area (Å²) in [7, 11) is -5.76. The van der Waals surface area contributed by atoms with Crippen LogP contribution in [0.1, 0.15) is 171 Å². The van der Waals surface area contributed by atoms with Crippen LogP contribution in [0.3, 0.4) is 0 Å². The monoisotopic (exact) mass is 1410 g/mol. The van der Waals surface area contributed by atoms with E-state index >= 15 is 0 Å². The van der Waals surface area contributed by atoms with Crippen molar-refractivity contribution in [1.82, 2.24) is 0 Å². The number of ether oxygens (including phenoxy) is 12. The van der Waals surface area contributed by atoms with Crippen LogP contribution >= 0.6 is 0 Å². The van der Waals surface area contributed by atoms with Gasteiger partial charge in [-0.25, -0.2) is 0 Å². The predicted molar refractivity (Wildman–Crippen MR) is 399 cm³/mol. The molecular formula is C84H112O16. The van der Waals surface area contributed by atoms with Crippen LogP contribution < -0.4 is 56.8 Å². The molecule has 4 atom stereocenters. The number of aliphatic hydroxyl groups is 4. The van der Waals surface area contributed by atoms with Crippen LogP contribution in [0.25, 0.3) is 0 Å². The molecule has 0 heterocycles. The number of benzene rings is 8. The molecule has 8 aromatic rings. The summed E-state index contributed by atoms with van der Waals surface area (Å²) in [5.41, 5.74) is 4.46. The summed E-state index contributed by atoms with van der Waals surface area (Å²) in [4.78, 5) is 0. The van der Waals surface area contributed by atoms with Crippen molar-refractivity contribution < 1.29 is 127 Å². The quantitative estimate of drug-likeness (QED) is 0.0283. The summed E-state index contributed by atoms with van der Waals surface area (Å²) in [6.45, 7) is -4.27. The molecule has 0 saturated carbocycles. The Morgan fingerprint density at radius 1 is 0.290 bits per heavy atom. The average molecular weight is 1410 g/mol. The predicted octanol–water partition coefficient (Wildman–Crippen LogP) is 16.7. The van der Waals surface area contributed by atoms with E-state index in [4.69, 9.17) is 106 Å². The second-order valence-corrected chi connectivity index (χ2v) is 21.3. The van der Waals surface area contributed by atoms with Crippen LogP contribution in [-0.2, 0) is 25.7 Å². The number of aryl methyl sites for hydroxylation is 8. The lowest BCUT2D eigenvalue weighted by molar-refractivity contribution is 0.0976. The lowest BCUT2D eigenvalue weighted by atomic mass is 10.0. The van der Waals surface area contributed by atoms with Crippen molar-refractivity contribution in [3.05, 3.63) is 214 Å². The molecule has 0 spiro atoms. The van der Waals surface area contributed by atoms with Crippen LogP contribution in [0.4, 0.5) is 0 Å². The Bertz CT molecular complexity index is 5160. The normalized spacial score (nSPS) is 19.4. The minimum atomic E-state index is -2.96. The van der Waals surface area contributed by atoms with Gasteiger partial charge in [-0.05, 0) is 246 Å². The van der Waals surface area contributed by atoms with E-state index in [1.54, 1.807) is 100 Å². The van der Waals surface area contributed by atoms with Gasteiger partial charge in [0.05, 0.1) is 108 Å². The third-order valence-electron chi connectivity index (χ3n) is 13.5. The molecule has 0 bridgehead atoms. The Balaban J connectivity index is 0.000000321. The van der Waals surface area contributed by atoms with Gasteiger partial charge in [0, 0.05) is 21.9 Å².